The van der Waals surface area contributed by atoms with Gasteiger partial charge in [0.1, 0.15) is 17.0 Å². The van der Waals surface area contributed by atoms with Gasteiger partial charge < -0.3 is 9.47 Å². The Labute approximate surface area is 140 Å². The fraction of sp³-hybridized carbons (Fsp3) is 0.600. The lowest BCUT2D eigenvalue weighted by Crippen LogP contribution is -2.50. The maximum atomic E-state index is 6.55. The molecule has 1 fully saturated rings. The number of para-hydroxylation sites is 1. The van der Waals surface area contributed by atoms with E-state index >= 15 is 0 Å². The molecule has 3 nitrogen and oxygen atoms in total. The van der Waals surface area contributed by atoms with Crippen molar-refractivity contribution in [1.82, 2.24) is 4.90 Å². The van der Waals surface area contributed by atoms with Crippen LogP contribution in [0.3, 0.4) is 0 Å². The molecular weight excluding hydrogens is 286 g/mol. The number of nitrogens with zero attached hydrogens (tertiary/aromatic N) is 1. The summed E-state index contributed by atoms with van der Waals surface area (Å²) in [6, 6.07) is 8.25. The predicted octanol–water partition coefficient (Wildman–Crippen LogP) is 3.65. The summed E-state index contributed by atoms with van der Waals surface area (Å²) < 4.78 is 12.8. The van der Waals surface area contributed by atoms with Gasteiger partial charge in [-0.15, -0.1) is 0 Å². The van der Waals surface area contributed by atoms with Gasteiger partial charge in [0.2, 0.25) is 0 Å². The monoisotopic (exact) mass is 313 g/mol. The lowest BCUT2D eigenvalue weighted by Gasteiger charge is -2.50. The minimum absolute atomic E-state index is 0.0577. The van der Waals surface area contributed by atoms with Crippen LogP contribution < -0.4 is 4.74 Å². The summed E-state index contributed by atoms with van der Waals surface area (Å²) in [4.78, 5) is 2.08. The summed E-state index contributed by atoms with van der Waals surface area (Å²) in [5, 5.41) is 0. The second kappa shape index (κ2) is 5.85. The van der Waals surface area contributed by atoms with Crippen LogP contribution in [0.2, 0.25) is 0 Å². The molecule has 0 radical (unpaired) electrons. The van der Waals surface area contributed by atoms with Gasteiger partial charge in [-0.1, -0.05) is 30.0 Å². The minimum Gasteiger partial charge on any atom is -0.487 e. The van der Waals surface area contributed by atoms with E-state index in [1.807, 2.05) is 26.2 Å². The Morgan fingerprint density at radius 3 is 2.70 bits per heavy atom. The highest BCUT2D eigenvalue weighted by atomic mass is 16.5. The Bertz CT molecular complexity index is 641. The maximum absolute atomic E-state index is 6.55. The second-order valence-corrected chi connectivity index (χ2v) is 7.70. The van der Waals surface area contributed by atoms with Gasteiger partial charge in [0.25, 0.3) is 0 Å². The third-order valence-corrected chi connectivity index (χ3v) is 4.92. The molecule has 1 saturated heterocycles. The lowest BCUT2D eigenvalue weighted by atomic mass is 9.73. The summed E-state index contributed by atoms with van der Waals surface area (Å²) in [6.07, 6.45) is 2.07. The maximum Gasteiger partial charge on any atom is 0.126 e. The van der Waals surface area contributed by atoms with Crippen LogP contribution in [0, 0.1) is 17.8 Å². The highest BCUT2D eigenvalue weighted by Gasteiger charge is 2.49. The van der Waals surface area contributed by atoms with Crippen molar-refractivity contribution in [2.45, 2.75) is 50.9 Å². The van der Waals surface area contributed by atoms with E-state index in [1.165, 1.54) is 0 Å². The topological polar surface area (TPSA) is 21.7 Å². The van der Waals surface area contributed by atoms with E-state index in [9.17, 15) is 0 Å². The van der Waals surface area contributed by atoms with Gasteiger partial charge in [0.05, 0.1) is 12.6 Å². The van der Waals surface area contributed by atoms with Crippen LogP contribution in [-0.2, 0) is 4.74 Å². The Hall–Kier alpha value is -1.50. The molecule has 2 aliphatic heterocycles. The van der Waals surface area contributed by atoms with Gasteiger partial charge in [-0.2, -0.15) is 0 Å². The molecule has 2 heterocycles. The van der Waals surface area contributed by atoms with Crippen LogP contribution in [0.4, 0.5) is 0 Å². The highest BCUT2D eigenvalue weighted by Crippen LogP contribution is 2.52. The molecule has 3 atom stereocenters. The van der Waals surface area contributed by atoms with Crippen LogP contribution in [0.15, 0.2) is 24.3 Å². The number of ether oxygens (including phenoxy) is 2. The van der Waals surface area contributed by atoms with Crippen molar-refractivity contribution in [3.63, 3.8) is 0 Å². The first-order valence-electron chi connectivity index (χ1n) is 8.41. The summed E-state index contributed by atoms with van der Waals surface area (Å²) in [5.74, 6) is 7.93. The molecule has 0 saturated carbocycles. The first kappa shape index (κ1) is 16.4. The first-order valence-corrected chi connectivity index (χ1v) is 8.41. The highest BCUT2D eigenvalue weighted by molar-refractivity contribution is 5.39. The molecule has 2 aliphatic rings. The Balaban J connectivity index is 1.90. The summed E-state index contributed by atoms with van der Waals surface area (Å²) >= 11 is 0. The van der Waals surface area contributed by atoms with Crippen molar-refractivity contribution in [1.29, 1.82) is 0 Å². The smallest absolute Gasteiger partial charge is 0.126 e. The molecule has 3 rings (SSSR count). The summed E-state index contributed by atoms with van der Waals surface area (Å²) in [5.41, 5.74) is 0.576. The van der Waals surface area contributed by atoms with Gasteiger partial charge in [0.15, 0.2) is 0 Å². The summed E-state index contributed by atoms with van der Waals surface area (Å²) in [7, 11) is 4.07. The molecule has 124 valence electrons. The van der Waals surface area contributed by atoms with Crippen molar-refractivity contribution in [2.75, 3.05) is 20.6 Å². The Morgan fingerprint density at radius 1 is 1.22 bits per heavy atom. The number of hydrogen-bond donors (Lipinski definition) is 0. The average molecular weight is 313 g/mol. The van der Waals surface area contributed by atoms with Gasteiger partial charge in [-0.05, 0) is 53.8 Å². The Kier molecular flexibility index (Phi) is 4.16. The van der Waals surface area contributed by atoms with Crippen molar-refractivity contribution >= 4 is 0 Å². The standard InChI is InChI=1S/C20H27NO2/c1-19(2)16-11-13-20(3,12-8-14-21(4)5)23-18(16)15-9-6-7-10-17(15)22-19/h6-7,9-10,16,18H,11,13-14H2,1-5H3/t16-,18-,20+/m1/s1. The summed E-state index contributed by atoms with van der Waals surface area (Å²) in [6.45, 7) is 7.23. The van der Waals surface area contributed by atoms with E-state index < -0.39 is 0 Å². The van der Waals surface area contributed by atoms with Crippen molar-refractivity contribution in [2.24, 2.45) is 5.92 Å². The van der Waals surface area contributed by atoms with Crippen molar-refractivity contribution in [3.05, 3.63) is 29.8 Å². The van der Waals surface area contributed by atoms with Gasteiger partial charge >= 0.3 is 0 Å². The molecule has 0 aromatic heterocycles. The minimum atomic E-state index is -0.377. The Morgan fingerprint density at radius 2 is 1.96 bits per heavy atom. The number of rotatable bonds is 1. The van der Waals surface area contributed by atoms with E-state index in [1.54, 1.807) is 0 Å². The molecule has 0 bridgehead atoms. The van der Waals surface area contributed by atoms with Crippen LogP contribution >= 0.6 is 0 Å². The van der Waals surface area contributed by atoms with E-state index in [0.717, 1.165) is 30.7 Å². The van der Waals surface area contributed by atoms with Crippen LogP contribution in [0.25, 0.3) is 0 Å². The average Bonchev–Trinajstić information content (AvgIpc) is 2.46. The van der Waals surface area contributed by atoms with Crippen LogP contribution in [0.5, 0.6) is 5.75 Å². The number of benzene rings is 1. The molecule has 23 heavy (non-hydrogen) atoms. The fourth-order valence-corrected chi connectivity index (χ4v) is 3.64. The molecule has 0 N–H and O–H groups in total. The zero-order valence-electron chi connectivity index (χ0n) is 14.8. The predicted molar refractivity (Wildman–Crippen MR) is 92.4 cm³/mol. The zero-order chi connectivity index (χ0) is 16.7. The van der Waals surface area contributed by atoms with E-state index in [0.29, 0.717) is 5.92 Å². The molecule has 3 heteroatoms. The lowest BCUT2D eigenvalue weighted by molar-refractivity contribution is -0.169. The third-order valence-electron chi connectivity index (χ3n) is 4.92. The van der Waals surface area contributed by atoms with Gasteiger partial charge in [0, 0.05) is 11.5 Å². The SMILES string of the molecule is CN(C)CC#C[C@@]1(C)CC[C@@H]2[C@H](O1)c1ccccc1OC2(C)C. The van der Waals surface area contributed by atoms with E-state index in [-0.39, 0.29) is 17.3 Å². The molecule has 1 aromatic carbocycles. The van der Waals surface area contributed by atoms with Crippen LogP contribution in [-0.4, -0.2) is 36.7 Å². The normalized spacial score (nSPS) is 31.4. The largest absolute Gasteiger partial charge is 0.487 e. The van der Waals surface area contributed by atoms with Crippen molar-refractivity contribution < 1.29 is 9.47 Å². The van der Waals surface area contributed by atoms with E-state index in [2.05, 4.69) is 49.6 Å². The number of hydrogen-bond acceptors (Lipinski definition) is 3. The molecular formula is C20H27NO2. The van der Waals surface area contributed by atoms with Gasteiger partial charge in [-0.25, -0.2) is 0 Å². The van der Waals surface area contributed by atoms with Crippen molar-refractivity contribution in [3.8, 4) is 17.6 Å². The third kappa shape index (κ3) is 3.24. The molecule has 1 aromatic rings. The molecule has 0 aliphatic carbocycles. The van der Waals surface area contributed by atoms with E-state index in [4.69, 9.17) is 9.47 Å². The molecule has 0 unspecified atom stereocenters. The fourth-order valence-electron chi connectivity index (χ4n) is 3.64. The molecule has 0 amide bonds. The first-order chi connectivity index (χ1) is 10.8. The number of fused-ring (bicyclic) bond motifs is 3. The van der Waals surface area contributed by atoms with Gasteiger partial charge in [-0.3, -0.25) is 4.90 Å². The second-order valence-electron chi connectivity index (χ2n) is 7.70. The van der Waals surface area contributed by atoms with Crippen LogP contribution in [0.1, 0.15) is 45.3 Å². The quantitative estimate of drug-likeness (QED) is 0.739. The molecule has 0 spiro atoms. The zero-order valence-corrected chi connectivity index (χ0v) is 14.8.